The minimum Gasteiger partial charge on any atom is -0.454 e. The molecule has 1 saturated carbocycles. The Bertz CT molecular complexity index is 535. The van der Waals surface area contributed by atoms with Crippen LogP contribution < -0.4 is 15.2 Å². The zero-order valence-electron chi connectivity index (χ0n) is 10.5. The third kappa shape index (κ3) is 2.52. The van der Waals surface area contributed by atoms with Gasteiger partial charge in [0.1, 0.15) is 0 Å². The van der Waals surface area contributed by atoms with Crippen molar-refractivity contribution in [1.82, 2.24) is 0 Å². The first-order chi connectivity index (χ1) is 9.08. The Morgan fingerprint density at radius 2 is 1.95 bits per heavy atom. The van der Waals surface area contributed by atoms with E-state index in [2.05, 4.69) is 0 Å². The largest absolute Gasteiger partial charge is 0.454 e. The molecule has 1 aromatic rings. The molecule has 1 aromatic carbocycles. The summed E-state index contributed by atoms with van der Waals surface area (Å²) in [4.78, 5) is 10.6. The van der Waals surface area contributed by atoms with Crippen molar-refractivity contribution < 1.29 is 19.5 Å². The normalized spacial score (nSPS) is 19.1. The van der Waals surface area contributed by atoms with Gasteiger partial charge in [-0.15, -0.1) is 12.4 Å². The number of hydrogen-bond donors (Lipinski definition) is 2. The summed E-state index contributed by atoms with van der Waals surface area (Å²) in [6.45, 7) is 0.0381. The molecule has 3 rings (SSSR count). The first-order valence-corrected chi connectivity index (χ1v) is 6.09. The van der Waals surface area contributed by atoms with Crippen LogP contribution in [-0.4, -0.2) is 22.9 Å². The van der Waals surface area contributed by atoms with Gasteiger partial charge in [-0.2, -0.15) is 0 Å². The van der Waals surface area contributed by atoms with E-state index in [0.717, 1.165) is 12.8 Å². The van der Waals surface area contributed by atoms with Gasteiger partial charge in [0.05, 0.1) is 28.7 Å². The lowest BCUT2D eigenvalue weighted by molar-refractivity contribution is -0.385. The van der Waals surface area contributed by atoms with Crippen molar-refractivity contribution in [2.24, 2.45) is 11.7 Å². The van der Waals surface area contributed by atoms with E-state index in [4.69, 9.17) is 15.2 Å². The number of nitrogens with two attached hydrogens (primary N) is 1. The van der Waals surface area contributed by atoms with E-state index in [9.17, 15) is 15.2 Å². The van der Waals surface area contributed by atoms with Crippen molar-refractivity contribution in [3.63, 3.8) is 0 Å². The summed E-state index contributed by atoms with van der Waals surface area (Å²) < 4.78 is 10.3. The molecule has 0 bridgehead atoms. The second-order valence-electron chi connectivity index (χ2n) is 4.88. The number of fused-ring (bicyclic) bond motifs is 1. The number of ether oxygens (including phenoxy) is 2. The quantitative estimate of drug-likeness (QED) is 0.645. The van der Waals surface area contributed by atoms with Crippen LogP contribution >= 0.6 is 12.4 Å². The summed E-state index contributed by atoms with van der Waals surface area (Å²) in [5.74, 6) is 0.905. The third-order valence-corrected chi connectivity index (χ3v) is 3.55. The van der Waals surface area contributed by atoms with Gasteiger partial charge in [-0.1, -0.05) is 0 Å². The molecular weight excluding hydrogens is 288 g/mol. The van der Waals surface area contributed by atoms with Gasteiger partial charge < -0.3 is 20.3 Å². The standard InChI is InChI=1S/C12H14N2O5.ClH/c13-11(12(15)6-1-2-6)7-3-9-10(19-5-18-9)4-8(7)14(16)17;/h3-4,6,11-12,15H,1-2,5,13H2;1H/t11-,12+;/m0./s1. The molecule has 3 N–H and O–H groups in total. The maximum atomic E-state index is 11.1. The minimum absolute atomic E-state index is 0. The highest BCUT2D eigenvalue weighted by Gasteiger charge is 2.37. The lowest BCUT2D eigenvalue weighted by Crippen LogP contribution is -2.28. The van der Waals surface area contributed by atoms with E-state index in [1.807, 2.05) is 0 Å². The molecule has 1 fully saturated rings. The Labute approximate surface area is 121 Å². The molecule has 7 nitrogen and oxygen atoms in total. The van der Waals surface area contributed by atoms with Gasteiger partial charge in [0.2, 0.25) is 6.79 Å². The molecule has 1 aliphatic carbocycles. The number of benzene rings is 1. The number of aliphatic hydroxyl groups excluding tert-OH is 1. The molecule has 8 heteroatoms. The van der Waals surface area contributed by atoms with E-state index in [1.54, 1.807) is 0 Å². The van der Waals surface area contributed by atoms with Gasteiger partial charge in [-0.25, -0.2) is 0 Å². The van der Waals surface area contributed by atoms with Crippen LogP contribution in [0.1, 0.15) is 24.4 Å². The van der Waals surface area contributed by atoms with Gasteiger partial charge in [0.15, 0.2) is 11.5 Å². The number of rotatable bonds is 4. The Balaban J connectivity index is 0.00000147. The maximum Gasteiger partial charge on any atom is 0.278 e. The number of nitro groups is 1. The average molecular weight is 303 g/mol. The molecular formula is C12H15ClN2O5. The molecule has 0 spiro atoms. The molecule has 0 aromatic heterocycles. The van der Waals surface area contributed by atoms with Crippen LogP contribution in [0.3, 0.4) is 0 Å². The topological polar surface area (TPSA) is 108 Å². The Morgan fingerprint density at radius 3 is 2.50 bits per heavy atom. The summed E-state index contributed by atoms with van der Waals surface area (Å²) in [5, 5.41) is 21.2. The van der Waals surface area contributed by atoms with Gasteiger partial charge in [0.25, 0.3) is 5.69 Å². The second-order valence-corrected chi connectivity index (χ2v) is 4.88. The van der Waals surface area contributed by atoms with E-state index in [-0.39, 0.29) is 36.4 Å². The minimum atomic E-state index is -0.789. The highest BCUT2D eigenvalue weighted by Crippen LogP contribution is 2.43. The summed E-state index contributed by atoms with van der Waals surface area (Å²) in [5.41, 5.74) is 6.10. The fourth-order valence-electron chi connectivity index (χ4n) is 2.29. The molecule has 0 saturated heterocycles. The fraction of sp³-hybridized carbons (Fsp3) is 0.500. The second kappa shape index (κ2) is 5.43. The maximum absolute atomic E-state index is 11.1. The van der Waals surface area contributed by atoms with E-state index < -0.39 is 17.1 Å². The third-order valence-electron chi connectivity index (χ3n) is 3.55. The molecule has 110 valence electrons. The first-order valence-electron chi connectivity index (χ1n) is 6.09. The molecule has 1 heterocycles. The average Bonchev–Trinajstić information content (AvgIpc) is 3.14. The predicted octanol–water partition coefficient (Wildman–Crippen LogP) is 1.52. The molecule has 0 unspecified atom stereocenters. The van der Waals surface area contributed by atoms with Crippen LogP contribution in [0.15, 0.2) is 12.1 Å². The number of hydrogen-bond acceptors (Lipinski definition) is 6. The Morgan fingerprint density at radius 1 is 1.35 bits per heavy atom. The van der Waals surface area contributed by atoms with Crippen LogP contribution in [0.5, 0.6) is 11.5 Å². The van der Waals surface area contributed by atoms with Crippen molar-refractivity contribution >= 4 is 18.1 Å². The van der Waals surface area contributed by atoms with Crippen molar-refractivity contribution in [3.8, 4) is 11.5 Å². The Hall–Kier alpha value is -1.57. The molecule has 2 atom stereocenters. The molecule has 20 heavy (non-hydrogen) atoms. The molecule has 1 aliphatic heterocycles. The van der Waals surface area contributed by atoms with Gasteiger partial charge >= 0.3 is 0 Å². The smallest absolute Gasteiger partial charge is 0.278 e. The van der Waals surface area contributed by atoms with Crippen molar-refractivity contribution in [1.29, 1.82) is 0 Å². The highest BCUT2D eigenvalue weighted by molar-refractivity contribution is 5.85. The zero-order chi connectivity index (χ0) is 13.6. The number of nitro benzene ring substituents is 1. The van der Waals surface area contributed by atoms with Gasteiger partial charge in [0, 0.05) is 0 Å². The van der Waals surface area contributed by atoms with Crippen LogP contribution in [0.25, 0.3) is 0 Å². The van der Waals surface area contributed by atoms with Crippen LogP contribution in [-0.2, 0) is 0 Å². The SMILES string of the molecule is Cl.N[C@@H](c1cc2c(cc1[N+](=O)[O-])OCO2)[C@H](O)C1CC1. The molecule has 0 radical (unpaired) electrons. The van der Waals surface area contributed by atoms with Crippen molar-refractivity contribution in [3.05, 3.63) is 27.8 Å². The summed E-state index contributed by atoms with van der Waals surface area (Å²) >= 11 is 0. The van der Waals surface area contributed by atoms with Crippen LogP contribution in [0.2, 0.25) is 0 Å². The lowest BCUT2D eigenvalue weighted by atomic mass is 9.97. The summed E-state index contributed by atoms with van der Waals surface area (Å²) in [6.07, 6.45) is 1.06. The van der Waals surface area contributed by atoms with Crippen LogP contribution in [0, 0.1) is 16.0 Å². The summed E-state index contributed by atoms with van der Waals surface area (Å²) in [7, 11) is 0. The molecule has 0 amide bonds. The van der Waals surface area contributed by atoms with Gasteiger partial charge in [-0.05, 0) is 24.8 Å². The first kappa shape index (κ1) is 14.8. The lowest BCUT2D eigenvalue weighted by Gasteiger charge is -2.19. The van der Waals surface area contributed by atoms with E-state index >= 15 is 0 Å². The van der Waals surface area contributed by atoms with Crippen molar-refractivity contribution in [2.45, 2.75) is 25.0 Å². The van der Waals surface area contributed by atoms with Gasteiger partial charge in [-0.3, -0.25) is 10.1 Å². The molecule has 2 aliphatic rings. The predicted molar refractivity (Wildman–Crippen MR) is 72.1 cm³/mol. The van der Waals surface area contributed by atoms with E-state index in [0.29, 0.717) is 11.5 Å². The Kier molecular flexibility index (Phi) is 4.03. The monoisotopic (exact) mass is 302 g/mol. The zero-order valence-corrected chi connectivity index (χ0v) is 11.3. The number of aliphatic hydroxyl groups is 1. The van der Waals surface area contributed by atoms with Crippen molar-refractivity contribution in [2.75, 3.05) is 6.79 Å². The highest BCUT2D eigenvalue weighted by atomic mass is 35.5. The van der Waals surface area contributed by atoms with E-state index in [1.165, 1.54) is 12.1 Å². The summed E-state index contributed by atoms with van der Waals surface area (Å²) in [6, 6.07) is 2.01. The number of nitrogens with zero attached hydrogens (tertiary/aromatic N) is 1. The fourth-order valence-corrected chi connectivity index (χ4v) is 2.29. The van der Waals surface area contributed by atoms with Crippen LogP contribution in [0.4, 0.5) is 5.69 Å². The number of halogens is 1.